The topological polar surface area (TPSA) is 20.3 Å². The molecule has 2 nitrogen and oxygen atoms in total. The molecule has 2 heteroatoms. The van der Waals surface area contributed by atoms with Crippen LogP contribution in [0, 0.1) is 5.92 Å². The third-order valence-corrected chi connectivity index (χ3v) is 4.56. The highest BCUT2D eigenvalue weighted by Gasteiger charge is 2.23. The Labute approximate surface area is 129 Å². The van der Waals surface area contributed by atoms with Crippen LogP contribution in [0.1, 0.15) is 62.7 Å². The highest BCUT2D eigenvalue weighted by molar-refractivity contribution is 5.96. The van der Waals surface area contributed by atoms with Crippen LogP contribution in [-0.4, -0.2) is 29.8 Å². The molecule has 0 aromatic heterocycles. The van der Waals surface area contributed by atoms with Gasteiger partial charge in [-0.3, -0.25) is 9.69 Å². The Balaban J connectivity index is 1.87. The van der Waals surface area contributed by atoms with Crippen LogP contribution in [-0.2, 0) is 0 Å². The first-order chi connectivity index (χ1) is 10.2. The monoisotopic (exact) mass is 287 g/mol. The van der Waals surface area contributed by atoms with Gasteiger partial charge in [0.1, 0.15) is 0 Å². The molecule has 1 fully saturated rings. The molecule has 0 heterocycles. The Bertz CT molecular complexity index is 420. The van der Waals surface area contributed by atoms with Crippen LogP contribution in [0.3, 0.4) is 0 Å². The lowest BCUT2D eigenvalue weighted by Crippen LogP contribution is -2.36. The number of carbonyl (C=O) groups is 1. The molecule has 2 rings (SSSR count). The molecule has 0 aliphatic heterocycles. The summed E-state index contributed by atoms with van der Waals surface area (Å²) in [5, 5.41) is 0. The fraction of sp³-hybridized carbons (Fsp3) is 0.632. The summed E-state index contributed by atoms with van der Waals surface area (Å²) in [7, 11) is 0. The minimum atomic E-state index is 0.281. The molecule has 1 aliphatic carbocycles. The normalized spacial score (nSPS) is 16.0. The van der Waals surface area contributed by atoms with Gasteiger partial charge in [-0.05, 0) is 31.7 Å². The first kappa shape index (κ1) is 16.2. The van der Waals surface area contributed by atoms with E-state index in [0.717, 1.165) is 24.6 Å². The van der Waals surface area contributed by atoms with Gasteiger partial charge in [0.15, 0.2) is 5.78 Å². The third-order valence-electron chi connectivity index (χ3n) is 4.56. The summed E-state index contributed by atoms with van der Waals surface area (Å²) in [6.45, 7) is 6.62. The van der Waals surface area contributed by atoms with Crippen LogP contribution in [0.5, 0.6) is 0 Å². The average Bonchev–Trinajstić information content (AvgIpc) is 3.02. The van der Waals surface area contributed by atoms with Crippen molar-refractivity contribution in [3.8, 4) is 0 Å². The summed E-state index contributed by atoms with van der Waals surface area (Å²) in [6.07, 6.45) is 7.23. The lowest BCUT2D eigenvalue weighted by atomic mass is 10.1. The Kier molecular flexibility index (Phi) is 6.44. The lowest BCUT2D eigenvalue weighted by molar-refractivity contribution is 0.0947. The predicted octanol–water partition coefficient (Wildman–Crippen LogP) is 4.55. The number of hydrogen-bond acceptors (Lipinski definition) is 2. The van der Waals surface area contributed by atoms with E-state index in [4.69, 9.17) is 0 Å². The van der Waals surface area contributed by atoms with Crippen molar-refractivity contribution in [1.29, 1.82) is 0 Å². The molecule has 116 valence electrons. The SMILES string of the molecule is CC(C)CCN(CCC(=O)c1ccccc1)C1CCCC1. The number of rotatable bonds is 8. The summed E-state index contributed by atoms with van der Waals surface area (Å²) >= 11 is 0. The van der Waals surface area contributed by atoms with E-state index < -0.39 is 0 Å². The standard InChI is InChI=1S/C19H29NO/c1-16(2)12-14-20(18-10-6-7-11-18)15-13-19(21)17-8-4-3-5-9-17/h3-5,8-9,16,18H,6-7,10-15H2,1-2H3. The summed E-state index contributed by atoms with van der Waals surface area (Å²) in [5.41, 5.74) is 0.854. The van der Waals surface area contributed by atoms with E-state index in [9.17, 15) is 4.79 Å². The van der Waals surface area contributed by atoms with Gasteiger partial charge in [-0.15, -0.1) is 0 Å². The molecular formula is C19H29NO. The van der Waals surface area contributed by atoms with Crippen molar-refractivity contribution < 1.29 is 4.79 Å². The smallest absolute Gasteiger partial charge is 0.164 e. The van der Waals surface area contributed by atoms with Gasteiger partial charge in [-0.1, -0.05) is 57.0 Å². The Hall–Kier alpha value is -1.15. The molecular weight excluding hydrogens is 258 g/mol. The average molecular weight is 287 g/mol. The largest absolute Gasteiger partial charge is 0.300 e. The number of Topliss-reactive ketones (excluding diaryl/α,β-unsaturated/α-hetero) is 1. The maximum atomic E-state index is 12.3. The molecule has 0 spiro atoms. The van der Waals surface area contributed by atoms with Crippen LogP contribution in [0.25, 0.3) is 0 Å². The summed E-state index contributed by atoms with van der Waals surface area (Å²) in [5.74, 6) is 1.02. The van der Waals surface area contributed by atoms with E-state index in [2.05, 4.69) is 18.7 Å². The van der Waals surface area contributed by atoms with E-state index in [1.54, 1.807) is 0 Å². The van der Waals surface area contributed by atoms with Crippen LogP contribution in [0.2, 0.25) is 0 Å². The molecule has 0 amide bonds. The molecule has 0 radical (unpaired) electrons. The van der Waals surface area contributed by atoms with Crippen molar-refractivity contribution in [3.63, 3.8) is 0 Å². The lowest BCUT2D eigenvalue weighted by Gasteiger charge is -2.29. The fourth-order valence-corrected chi connectivity index (χ4v) is 3.18. The second-order valence-corrected chi connectivity index (χ2v) is 6.70. The Morgan fingerprint density at radius 1 is 1.14 bits per heavy atom. The number of carbonyl (C=O) groups excluding carboxylic acids is 1. The molecule has 1 aromatic rings. The molecule has 0 N–H and O–H groups in total. The summed E-state index contributed by atoms with van der Waals surface area (Å²) in [4.78, 5) is 14.9. The van der Waals surface area contributed by atoms with Gasteiger partial charge in [0, 0.05) is 24.6 Å². The zero-order chi connectivity index (χ0) is 15.1. The fourth-order valence-electron chi connectivity index (χ4n) is 3.18. The molecule has 0 unspecified atom stereocenters. The molecule has 0 saturated heterocycles. The van der Waals surface area contributed by atoms with Crippen molar-refractivity contribution in [1.82, 2.24) is 4.90 Å². The minimum absolute atomic E-state index is 0.281. The first-order valence-corrected chi connectivity index (χ1v) is 8.49. The highest BCUT2D eigenvalue weighted by Crippen LogP contribution is 2.24. The minimum Gasteiger partial charge on any atom is -0.300 e. The Morgan fingerprint density at radius 2 is 1.81 bits per heavy atom. The molecule has 1 aromatic carbocycles. The third kappa shape index (κ3) is 5.28. The first-order valence-electron chi connectivity index (χ1n) is 8.49. The van der Waals surface area contributed by atoms with Crippen molar-refractivity contribution in [2.24, 2.45) is 5.92 Å². The van der Waals surface area contributed by atoms with Gasteiger partial charge in [-0.25, -0.2) is 0 Å². The van der Waals surface area contributed by atoms with Crippen molar-refractivity contribution in [2.75, 3.05) is 13.1 Å². The molecule has 1 aliphatic rings. The molecule has 21 heavy (non-hydrogen) atoms. The van der Waals surface area contributed by atoms with Crippen LogP contribution < -0.4 is 0 Å². The van der Waals surface area contributed by atoms with E-state index >= 15 is 0 Å². The second-order valence-electron chi connectivity index (χ2n) is 6.70. The van der Waals surface area contributed by atoms with E-state index in [1.807, 2.05) is 30.3 Å². The van der Waals surface area contributed by atoms with E-state index in [-0.39, 0.29) is 5.78 Å². The van der Waals surface area contributed by atoms with Gasteiger partial charge < -0.3 is 0 Å². The second kappa shape index (κ2) is 8.33. The maximum Gasteiger partial charge on any atom is 0.164 e. The van der Waals surface area contributed by atoms with Gasteiger partial charge in [0.2, 0.25) is 0 Å². The maximum absolute atomic E-state index is 12.3. The van der Waals surface area contributed by atoms with Gasteiger partial charge in [0.05, 0.1) is 0 Å². The molecule has 0 atom stereocenters. The number of benzene rings is 1. The van der Waals surface area contributed by atoms with Crippen molar-refractivity contribution >= 4 is 5.78 Å². The van der Waals surface area contributed by atoms with Gasteiger partial charge in [-0.2, -0.15) is 0 Å². The Morgan fingerprint density at radius 3 is 2.43 bits per heavy atom. The van der Waals surface area contributed by atoms with E-state index in [0.29, 0.717) is 12.5 Å². The van der Waals surface area contributed by atoms with Crippen LogP contribution in [0.4, 0.5) is 0 Å². The van der Waals surface area contributed by atoms with Crippen LogP contribution in [0.15, 0.2) is 30.3 Å². The highest BCUT2D eigenvalue weighted by atomic mass is 16.1. The van der Waals surface area contributed by atoms with Crippen molar-refractivity contribution in [2.45, 2.75) is 58.4 Å². The number of hydrogen-bond donors (Lipinski definition) is 0. The summed E-state index contributed by atoms with van der Waals surface area (Å²) < 4.78 is 0. The number of nitrogens with zero attached hydrogens (tertiary/aromatic N) is 1. The van der Waals surface area contributed by atoms with Crippen LogP contribution >= 0.6 is 0 Å². The molecule has 1 saturated carbocycles. The zero-order valence-electron chi connectivity index (χ0n) is 13.6. The summed E-state index contributed by atoms with van der Waals surface area (Å²) in [6, 6.07) is 10.4. The predicted molar refractivity (Wildman–Crippen MR) is 88.7 cm³/mol. The quantitative estimate of drug-likeness (QED) is 0.654. The zero-order valence-corrected chi connectivity index (χ0v) is 13.6. The van der Waals surface area contributed by atoms with Gasteiger partial charge in [0.25, 0.3) is 0 Å². The van der Waals surface area contributed by atoms with E-state index in [1.165, 1.54) is 32.1 Å². The van der Waals surface area contributed by atoms with Crippen molar-refractivity contribution in [3.05, 3.63) is 35.9 Å². The molecule has 0 bridgehead atoms. The van der Waals surface area contributed by atoms with Gasteiger partial charge >= 0.3 is 0 Å². The number of ketones is 1.